The highest BCUT2D eigenvalue weighted by Gasteiger charge is 2.44. The maximum atomic E-state index is 12.9. The number of ether oxygens (including phenoxy) is 1. The van der Waals surface area contributed by atoms with E-state index in [0.717, 1.165) is 12.0 Å². The molecule has 0 radical (unpaired) electrons. The summed E-state index contributed by atoms with van der Waals surface area (Å²) < 4.78 is 44.2. The van der Waals surface area contributed by atoms with Crippen LogP contribution >= 0.6 is 0 Å². The first-order valence-electron chi connectivity index (χ1n) is 7.46. The van der Waals surface area contributed by atoms with Crippen molar-refractivity contribution < 1.29 is 23.0 Å². The number of para-hydroxylation sites is 1. The van der Waals surface area contributed by atoms with Gasteiger partial charge in [0, 0.05) is 12.0 Å². The first kappa shape index (κ1) is 14.7. The van der Waals surface area contributed by atoms with E-state index in [1.165, 1.54) is 0 Å². The summed E-state index contributed by atoms with van der Waals surface area (Å²) in [4.78, 5) is 0. The lowest BCUT2D eigenvalue weighted by Crippen LogP contribution is -2.31. The summed E-state index contributed by atoms with van der Waals surface area (Å²) in [6.45, 7) is 0.578. The van der Waals surface area contributed by atoms with Gasteiger partial charge in [-0.2, -0.15) is 13.2 Å². The van der Waals surface area contributed by atoms with Crippen LogP contribution in [0.25, 0.3) is 0 Å². The SMILES string of the molecule is OC(c1cccc2c1OCC2)C1CCCC(C(F)(F)F)C1. The van der Waals surface area contributed by atoms with Crippen LogP contribution in [-0.2, 0) is 6.42 Å². The van der Waals surface area contributed by atoms with E-state index in [9.17, 15) is 18.3 Å². The number of halogens is 3. The molecule has 3 unspecified atom stereocenters. The van der Waals surface area contributed by atoms with Crippen molar-refractivity contribution in [3.8, 4) is 5.75 Å². The fourth-order valence-corrected chi connectivity index (χ4v) is 3.54. The van der Waals surface area contributed by atoms with E-state index >= 15 is 0 Å². The first-order valence-corrected chi connectivity index (χ1v) is 7.46. The minimum absolute atomic E-state index is 0.00827. The summed E-state index contributed by atoms with van der Waals surface area (Å²) in [6, 6.07) is 5.56. The minimum Gasteiger partial charge on any atom is -0.493 e. The van der Waals surface area contributed by atoms with Gasteiger partial charge in [-0.15, -0.1) is 0 Å². The van der Waals surface area contributed by atoms with Crippen LogP contribution in [0.4, 0.5) is 13.2 Å². The number of rotatable bonds is 2. The molecule has 0 bridgehead atoms. The maximum absolute atomic E-state index is 12.9. The lowest BCUT2D eigenvalue weighted by molar-refractivity contribution is -0.189. The topological polar surface area (TPSA) is 29.5 Å². The van der Waals surface area contributed by atoms with Gasteiger partial charge in [0.05, 0.1) is 18.6 Å². The van der Waals surface area contributed by atoms with E-state index in [1.54, 1.807) is 6.07 Å². The Morgan fingerprint density at radius 1 is 1.24 bits per heavy atom. The van der Waals surface area contributed by atoms with Gasteiger partial charge in [-0.3, -0.25) is 0 Å². The van der Waals surface area contributed by atoms with Crippen molar-refractivity contribution in [1.29, 1.82) is 0 Å². The lowest BCUT2D eigenvalue weighted by atomic mass is 9.76. The molecule has 1 aromatic carbocycles. The third-order valence-electron chi connectivity index (χ3n) is 4.69. The fraction of sp³-hybridized carbons (Fsp3) is 0.625. The second-order valence-corrected chi connectivity index (χ2v) is 6.04. The van der Waals surface area contributed by atoms with Gasteiger partial charge < -0.3 is 9.84 Å². The Morgan fingerprint density at radius 2 is 2.05 bits per heavy atom. The summed E-state index contributed by atoms with van der Waals surface area (Å²) >= 11 is 0. The van der Waals surface area contributed by atoms with Gasteiger partial charge in [0.25, 0.3) is 0 Å². The highest BCUT2D eigenvalue weighted by molar-refractivity contribution is 5.45. The molecule has 0 aromatic heterocycles. The van der Waals surface area contributed by atoms with E-state index in [2.05, 4.69) is 0 Å². The average Bonchev–Trinajstić information content (AvgIpc) is 2.94. The van der Waals surface area contributed by atoms with Crippen molar-refractivity contribution in [3.63, 3.8) is 0 Å². The van der Waals surface area contributed by atoms with E-state index < -0.39 is 18.2 Å². The zero-order chi connectivity index (χ0) is 15.0. The van der Waals surface area contributed by atoms with Gasteiger partial charge in [0.15, 0.2) is 0 Å². The van der Waals surface area contributed by atoms with Crippen molar-refractivity contribution in [2.45, 2.75) is 44.4 Å². The summed E-state index contributed by atoms with van der Waals surface area (Å²) in [5.41, 5.74) is 1.69. The second kappa shape index (κ2) is 5.52. The number of alkyl halides is 3. The van der Waals surface area contributed by atoms with Crippen molar-refractivity contribution in [2.75, 3.05) is 6.61 Å². The van der Waals surface area contributed by atoms with E-state index in [-0.39, 0.29) is 18.8 Å². The van der Waals surface area contributed by atoms with Crippen LogP contribution in [0.2, 0.25) is 0 Å². The van der Waals surface area contributed by atoms with Crippen LogP contribution < -0.4 is 4.74 Å². The molecule has 1 fully saturated rings. The van der Waals surface area contributed by atoms with E-state index in [0.29, 0.717) is 30.8 Å². The third kappa shape index (κ3) is 2.89. The largest absolute Gasteiger partial charge is 0.493 e. The van der Waals surface area contributed by atoms with Crippen LogP contribution in [0, 0.1) is 11.8 Å². The first-order chi connectivity index (χ1) is 9.97. The maximum Gasteiger partial charge on any atom is 0.391 e. The molecule has 2 aliphatic rings. The van der Waals surface area contributed by atoms with Crippen LogP contribution in [0.3, 0.4) is 0 Å². The van der Waals surface area contributed by atoms with Crippen LogP contribution in [-0.4, -0.2) is 17.9 Å². The summed E-state index contributed by atoms with van der Waals surface area (Å²) in [7, 11) is 0. The summed E-state index contributed by atoms with van der Waals surface area (Å²) in [5.74, 6) is -0.955. The van der Waals surface area contributed by atoms with Gasteiger partial charge >= 0.3 is 6.18 Å². The smallest absolute Gasteiger partial charge is 0.391 e. The van der Waals surface area contributed by atoms with Crippen LogP contribution in [0.15, 0.2) is 18.2 Å². The molecular formula is C16H19F3O2. The standard InChI is InChI=1S/C16H19F3O2/c17-16(18,19)12-5-1-4-11(9-12)14(20)13-6-2-3-10-7-8-21-15(10)13/h2-3,6,11-12,14,20H,1,4-5,7-9H2. The zero-order valence-corrected chi connectivity index (χ0v) is 11.7. The number of fused-ring (bicyclic) bond motifs is 1. The molecule has 1 saturated carbocycles. The normalized spacial score (nSPS) is 27.0. The highest BCUT2D eigenvalue weighted by atomic mass is 19.4. The van der Waals surface area contributed by atoms with E-state index in [1.807, 2.05) is 12.1 Å². The predicted molar refractivity (Wildman–Crippen MR) is 72.1 cm³/mol. The Hall–Kier alpha value is -1.23. The fourth-order valence-electron chi connectivity index (χ4n) is 3.54. The van der Waals surface area contributed by atoms with Crippen molar-refractivity contribution in [1.82, 2.24) is 0 Å². The Kier molecular flexibility index (Phi) is 3.86. The van der Waals surface area contributed by atoms with E-state index in [4.69, 9.17) is 4.74 Å². The molecule has 1 N–H and O–H groups in total. The van der Waals surface area contributed by atoms with Crippen molar-refractivity contribution in [2.24, 2.45) is 11.8 Å². The van der Waals surface area contributed by atoms with Gasteiger partial charge in [0.1, 0.15) is 5.75 Å². The van der Waals surface area contributed by atoms with Crippen LogP contribution in [0.5, 0.6) is 5.75 Å². The Labute approximate surface area is 121 Å². The Balaban J connectivity index is 1.79. The molecule has 0 saturated heterocycles. The summed E-state index contributed by atoms with van der Waals surface area (Å²) in [5, 5.41) is 10.5. The zero-order valence-electron chi connectivity index (χ0n) is 11.7. The number of hydrogen-bond donors (Lipinski definition) is 1. The number of aliphatic hydroxyl groups is 1. The van der Waals surface area contributed by atoms with Gasteiger partial charge in [0.2, 0.25) is 0 Å². The molecule has 1 aliphatic heterocycles. The number of benzene rings is 1. The molecule has 5 heteroatoms. The Bertz CT molecular complexity index is 513. The molecule has 3 rings (SSSR count). The molecule has 1 aromatic rings. The third-order valence-corrected chi connectivity index (χ3v) is 4.69. The van der Waals surface area contributed by atoms with Crippen molar-refractivity contribution >= 4 is 0 Å². The molecular weight excluding hydrogens is 281 g/mol. The molecule has 116 valence electrons. The number of aliphatic hydroxyl groups excluding tert-OH is 1. The minimum atomic E-state index is -4.16. The molecule has 1 aliphatic carbocycles. The molecule has 3 atom stereocenters. The Morgan fingerprint density at radius 3 is 2.81 bits per heavy atom. The van der Waals surface area contributed by atoms with Crippen LogP contribution in [0.1, 0.15) is 42.9 Å². The molecule has 0 amide bonds. The summed E-state index contributed by atoms with van der Waals surface area (Å²) in [6.07, 6.45) is -2.90. The lowest BCUT2D eigenvalue weighted by Gasteiger charge is -2.33. The molecule has 2 nitrogen and oxygen atoms in total. The predicted octanol–water partition coefficient (Wildman–Crippen LogP) is 4.02. The van der Waals surface area contributed by atoms with Crippen molar-refractivity contribution in [3.05, 3.63) is 29.3 Å². The molecule has 21 heavy (non-hydrogen) atoms. The molecule has 1 heterocycles. The second-order valence-electron chi connectivity index (χ2n) is 6.04. The van der Waals surface area contributed by atoms with Gasteiger partial charge in [-0.25, -0.2) is 0 Å². The average molecular weight is 300 g/mol. The van der Waals surface area contributed by atoms with Gasteiger partial charge in [-0.1, -0.05) is 24.6 Å². The number of hydrogen-bond acceptors (Lipinski definition) is 2. The highest BCUT2D eigenvalue weighted by Crippen LogP contribution is 2.46. The molecule has 0 spiro atoms. The quantitative estimate of drug-likeness (QED) is 0.893. The monoisotopic (exact) mass is 300 g/mol. The van der Waals surface area contributed by atoms with Gasteiger partial charge in [-0.05, 0) is 30.7 Å².